The molecule has 1 aromatic heterocycles. The highest BCUT2D eigenvalue weighted by Crippen LogP contribution is 2.30. The summed E-state index contributed by atoms with van der Waals surface area (Å²) < 4.78 is 68.6. The molecule has 1 aromatic carbocycles. The predicted octanol–water partition coefficient (Wildman–Crippen LogP) is 3.06. The number of hydrogen-bond acceptors (Lipinski definition) is 4. The van der Waals surface area contributed by atoms with E-state index < -0.39 is 36.0 Å². The van der Waals surface area contributed by atoms with Crippen molar-refractivity contribution in [3.63, 3.8) is 0 Å². The van der Waals surface area contributed by atoms with Crippen LogP contribution in [0.2, 0.25) is 0 Å². The molecule has 9 heteroatoms. The van der Waals surface area contributed by atoms with Gasteiger partial charge in [0.25, 0.3) is 0 Å². The van der Waals surface area contributed by atoms with Crippen molar-refractivity contribution in [2.24, 2.45) is 0 Å². The Morgan fingerprint density at radius 2 is 1.57 bits per heavy atom. The highest BCUT2D eigenvalue weighted by molar-refractivity contribution is 5.34. The van der Waals surface area contributed by atoms with Gasteiger partial charge in [0.1, 0.15) is 0 Å². The van der Waals surface area contributed by atoms with E-state index in [0.717, 1.165) is 12.1 Å². The third-order valence-electron chi connectivity index (χ3n) is 2.34. The summed E-state index contributed by atoms with van der Waals surface area (Å²) >= 11 is 0. The Morgan fingerprint density at radius 3 is 2.00 bits per heavy atom. The first-order chi connectivity index (χ1) is 9.81. The summed E-state index contributed by atoms with van der Waals surface area (Å²) in [5, 5.41) is 8.77. The largest absolute Gasteiger partial charge is 0.451 e. The molecule has 0 fully saturated rings. The van der Waals surface area contributed by atoms with Crippen LogP contribution in [-0.2, 0) is 12.8 Å². The Bertz CT molecular complexity index is 620. The number of aromatic nitrogens is 2. The molecule has 21 heavy (non-hydrogen) atoms. The predicted molar refractivity (Wildman–Crippen MR) is 59.4 cm³/mol. The zero-order chi connectivity index (χ0) is 15.6. The van der Waals surface area contributed by atoms with Crippen molar-refractivity contribution in [2.45, 2.75) is 12.8 Å². The fourth-order valence-corrected chi connectivity index (χ4v) is 1.43. The van der Waals surface area contributed by atoms with Crippen molar-refractivity contribution in [1.82, 2.24) is 9.97 Å². The first kappa shape index (κ1) is 15.1. The second-order valence-corrected chi connectivity index (χ2v) is 3.89. The molecule has 0 unspecified atom stereocenters. The summed E-state index contributed by atoms with van der Waals surface area (Å²) in [4.78, 5) is 5.99. The summed E-state index contributed by atoms with van der Waals surface area (Å²) in [6.45, 7) is -0.572. The molecular formula is C12H7F5N2O2. The van der Waals surface area contributed by atoms with Gasteiger partial charge in [0.15, 0.2) is 23.1 Å². The number of ether oxygens (including phenoxy) is 1. The molecule has 1 heterocycles. The van der Waals surface area contributed by atoms with E-state index in [1.165, 1.54) is 0 Å². The molecule has 0 spiro atoms. The molecule has 1 N–H and O–H groups in total. The standard InChI is InChI=1S/C12H7F5N2O2/c13-8-1-6(5-20)2-9(14)10(8)21-7-3-18-11(19-4-7)12(15,16)17/h1-4,20H,5H2. The van der Waals surface area contributed by atoms with Crippen LogP contribution in [0.15, 0.2) is 24.5 Å². The van der Waals surface area contributed by atoms with Crippen molar-refractivity contribution < 1.29 is 31.8 Å². The van der Waals surface area contributed by atoms with E-state index in [1.54, 1.807) is 0 Å². The SMILES string of the molecule is OCc1cc(F)c(Oc2cnc(C(F)(F)F)nc2)c(F)c1. The van der Waals surface area contributed by atoms with E-state index in [2.05, 4.69) is 9.97 Å². The molecule has 0 atom stereocenters. The fourth-order valence-electron chi connectivity index (χ4n) is 1.43. The van der Waals surface area contributed by atoms with Gasteiger partial charge in [-0.1, -0.05) is 0 Å². The number of aliphatic hydroxyl groups excluding tert-OH is 1. The fraction of sp³-hybridized carbons (Fsp3) is 0.167. The highest BCUT2D eigenvalue weighted by atomic mass is 19.4. The molecule has 0 saturated carbocycles. The molecule has 2 aromatic rings. The van der Waals surface area contributed by atoms with Crippen molar-refractivity contribution >= 4 is 0 Å². The summed E-state index contributed by atoms with van der Waals surface area (Å²) in [5.41, 5.74) is -0.0129. The minimum atomic E-state index is -4.72. The van der Waals surface area contributed by atoms with Gasteiger partial charge in [0, 0.05) is 0 Å². The van der Waals surface area contributed by atoms with Crippen LogP contribution in [0, 0.1) is 11.6 Å². The Hall–Kier alpha value is -2.29. The van der Waals surface area contributed by atoms with Crippen LogP contribution >= 0.6 is 0 Å². The average Bonchev–Trinajstić information content (AvgIpc) is 2.42. The third-order valence-corrected chi connectivity index (χ3v) is 2.34. The van der Waals surface area contributed by atoms with E-state index in [9.17, 15) is 22.0 Å². The van der Waals surface area contributed by atoms with Crippen LogP contribution in [0.1, 0.15) is 11.4 Å². The van der Waals surface area contributed by atoms with Crippen LogP contribution < -0.4 is 4.74 Å². The van der Waals surface area contributed by atoms with Gasteiger partial charge in [-0.15, -0.1) is 0 Å². The average molecular weight is 306 g/mol. The van der Waals surface area contributed by atoms with E-state index in [4.69, 9.17) is 9.84 Å². The molecule has 0 radical (unpaired) electrons. The number of alkyl halides is 3. The lowest BCUT2D eigenvalue weighted by molar-refractivity contribution is -0.145. The maximum Gasteiger partial charge on any atom is 0.451 e. The Labute approximate surface area is 114 Å². The second kappa shape index (κ2) is 5.60. The molecule has 0 bridgehead atoms. The molecule has 4 nitrogen and oxygen atoms in total. The number of hydrogen-bond donors (Lipinski definition) is 1. The van der Waals surface area contributed by atoms with E-state index in [-0.39, 0.29) is 11.3 Å². The number of halogens is 5. The van der Waals surface area contributed by atoms with Gasteiger partial charge < -0.3 is 9.84 Å². The van der Waals surface area contributed by atoms with Gasteiger partial charge in [-0.05, 0) is 17.7 Å². The number of nitrogens with zero attached hydrogens (tertiary/aromatic N) is 2. The molecule has 112 valence electrons. The smallest absolute Gasteiger partial charge is 0.448 e. The minimum Gasteiger partial charge on any atom is -0.448 e. The van der Waals surface area contributed by atoms with Gasteiger partial charge >= 0.3 is 6.18 Å². The zero-order valence-corrected chi connectivity index (χ0v) is 10.2. The Balaban J connectivity index is 2.26. The summed E-state index contributed by atoms with van der Waals surface area (Å²) in [6.07, 6.45) is -3.43. The van der Waals surface area contributed by atoms with Gasteiger partial charge in [0.05, 0.1) is 19.0 Å². The molecule has 0 aliphatic carbocycles. The monoisotopic (exact) mass is 306 g/mol. The molecular weight excluding hydrogens is 299 g/mol. The summed E-state index contributed by atoms with van der Waals surface area (Å²) in [7, 11) is 0. The van der Waals surface area contributed by atoms with Crippen molar-refractivity contribution in [3.05, 3.63) is 47.5 Å². The summed E-state index contributed by atoms with van der Waals surface area (Å²) in [5.74, 6) is -4.81. The normalized spacial score (nSPS) is 11.5. The topological polar surface area (TPSA) is 55.2 Å². The lowest BCUT2D eigenvalue weighted by Crippen LogP contribution is -2.10. The van der Waals surface area contributed by atoms with Crippen LogP contribution in [0.4, 0.5) is 22.0 Å². The van der Waals surface area contributed by atoms with Gasteiger partial charge in [0.2, 0.25) is 5.82 Å². The maximum atomic E-state index is 13.6. The van der Waals surface area contributed by atoms with Gasteiger partial charge in [-0.25, -0.2) is 18.7 Å². The molecule has 0 aliphatic rings. The quantitative estimate of drug-likeness (QED) is 0.886. The van der Waals surface area contributed by atoms with Crippen LogP contribution in [-0.4, -0.2) is 15.1 Å². The molecule has 0 saturated heterocycles. The lowest BCUT2D eigenvalue weighted by atomic mass is 10.2. The van der Waals surface area contributed by atoms with E-state index in [0.29, 0.717) is 12.4 Å². The van der Waals surface area contributed by atoms with Gasteiger partial charge in [-0.3, -0.25) is 0 Å². The lowest BCUT2D eigenvalue weighted by Gasteiger charge is -2.09. The zero-order valence-electron chi connectivity index (χ0n) is 10.2. The Kier molecular flexibility index (Phi) is 4.03. The second-order valence-electron chi connectivity index (χ2n) is 3.89. The third kappa shape index (κ3) is 3.43. The number of benzene rings is 1. The van der Waals surface area contributed by atoms with Crippen molar-refractivity contribution in [1.29, 1.82) is 0 Å². The van der Waals surface area contributed by atoms with Crippen molar-refractivity contribution in [3.8, 4) is 11.5 Å². The number of aliphatic hydroxyl groups is 1. The summed E-state index contributed by atoms with van der Waals surface area (Å²) in [6, 6.07) is 1.67. The maximum absolute atomic E-state index is 13.6. The number of rotatable bonds is 3. The molecule has 0 aliphatic heterocycles. The first-order valence-electron chi connectivity index (χ1n) is 5.47. The van der Waals surface area contributed by atoms with Crippen molar-refractivity contribution in [2.75, 3.05) is 0 Å². The van der Waals surface area contributed by atoms with Crippen LogP contribution in [0.25, 0.3) is 0 Å². The minimum absolute atomic E-state index is 0.0129. The van der Waals surface area contributed by atoms with Crippen LogP contribution in [0.3, 0.4) is 0 Å². The van der Waals surface area contributed by atoms with Gasteiger partial charge in [-0.2, -0.15) is 13.2 Å². The highest BCUT2D eigenvalue weighted by Gasteiger charge is 2.34. The molecule has 0 amide bonds. The van der Waals surface area contributed by atoms with E-state index >= 15 is 0 Å². The van der Waals surface area contributed by atoms with E-state index in [1.807, 2.05) is 0 Å². The first-order valence-corrected chi connectivity index (χ1v) is 5.47. The van der Waals surface area contributed by atoms with Crippen LogP contribution in [0.5, 0.6) is 11.5 Å². The molecule has 2 rings (SSSR count). The Morgan fingerprint density at radius 1 is 1.05 bits per heavy atom.